The highest BCUT2D eigenvalue weighted by Crippen LogP contribution is 2.19. The third-order valence-electron chi connectivity index (χ3n) is 0.844. The Labute approximate surface area is 64.8 Å². The van der Waals surface area contributed by atoms with Crippen molar-refractivity contribution < 1.29 is 9.47 Å². The smallest absolute Gasteiger partial charge is 0.148 e. The number of rotatable bonds is 0. The van der Waals surface area contributed by atoms with Gasteiger partial charge in [-0.15, -0.1) is 0 Å². The SMILES string of the molecule is Br[C@H]1OCCO[C@@H]1Br. The zero-order valence-electron chi connectivity index (χ0n) is 4.14. The minimum Gasteiger partial charge on any atom is -0.361 e. The first kappa shape index (κ1) is 6.99. The molecule has 0 radical (unpaired) electrons. The van der Waals surface area contributed by atoms with Crippen LogP contribution >= 0.6 is 31.9 Å². The number of alkyl halides is 2. The van der Waals surface area contributed by atoms with E-state index < -0.39 is 0 Å². The van der Waals surface area contributed by atoms with Crippen molar-refractivity contribution in [2.45, 2.75) is 10.0 Å². The van der Waals surface area contributed by atoms with Crippen molar-refractivity contribution in [3.63, 3.8) is 0 Å². The molecule has 0 aromatic rings. The monoisotopic (exact) mass is 244 g/mol. The van der Waals surface area contributed by atoms with E-state index in [1.807, 2.05) is 0 Å². The molecular formula is C4H6Br2O2. The van der Waals surface area contributed by atoms with Crippen LogP contribution in [0, 0.1) is 0 Å². The van der Waals surface area contributed by atoms with E-state index in [4.69, 9.17) is 9.47 Å². The molecule has 0 aromatic heterocycles. The van der Waals surface area contributed by atoms with Crippen LogP contribution in [0.5, 0.6) is 0 Å². The summed E-state index contributed by atoms with van der Waals surface area (Å²) >= 11 is 6.52. The van der Waals surface area contributed by atoms with Crippen LogP contribution in [-0.2, 0) is 9.47 Å². The molecule has 1 aliphatic heterocycles. The lowest BCUT2D eigenvalue weighted by Crippen LogP contribution is -2.29. The summed E-state index contributed by atoms with van der Waals surface area (Å²) in [7, 11) is 0. The average Bonchev–Trinajstić information content (AvgIpc) is 1.77. The fourth-order valence-corrected chi connectivity index (χ4v) is 1.15. The molecule has 1 fully saturated rings. The highest BCUT2D eigenvalue weighted by molar-refractivity contribution is 9.12. The molecule has 1 aliphatic rings. The average molecular weight is 246 g/mol. The van der Waals surface area contributed by atoms with Crippen LogP contribution in [0.15, 0.2) is 0 Å². The Kier molecular flexibility index (Phi) is 2.75. The standard InChI is InChI=1S/C4H6Br2O2/c5-3-4(6)8-2-1-7-3/h3-4H,1-2H2/t3-,4-/m0/s1. The Morgan fingerprint density at radius 3 is 1.62 bits per heavy atom. The zero-order chi connectivity index (χ0) is 5.98. The van der Waals surface area contributed by atoms with Gasteiger partial charge in [0.15, 0.2) is 0 Å². The summed E-state index contributed by atoms with van der Waals surface area (Å²) in [5, 5.41) is 0.0208. The van der Waals surface area contributed by atoms with E-state index >= 15 is 0 Å². The van der Waals surface area contributed by atoms with Crippen LogP contribution in [0.2, 0.25) is 0 Å². The maximum absolute atomic E-state index is 5.13. The molecule has 8 heavy (non-hydrogen) atoms. The lowest BCUT2D eigenvalue weighted by atomic mass is 10.6. The van der Waals surface area contributed by atoms with E-state index in [0.29, 0.717) is 13.2 Å². The van der Waals surface area contributed by atoms with Gasteiger partial charge in [0.25, 0.3) is 0 Å². The summed E-state index contributed by atoms with van der Waals surface area (Å²) < 4.78 is 10.3. The number of ether oxygens (including phenoxy) is 2. The molecule has 0 N–H and O–H groups in total. The quantitative estimate of drug-likeness (QED) is 0.602. The van der Waals surface area contributed by atoms with Crippen LogP contribution < -0.4 is 0 Å². The second-order valence-electron chi connectivity index (χ2n) is 1.44. The van der Waals surface area contributed by atoms with Gasteiger partial charge >= 0.3 is 0 Å². The molecule has 1 saturated heterocycles. The maximum atomic E-state index is 5.13. The normalized spacial score (nSPS) is 39.8. The minimum absolute atomic E-state index is 0.0104. The molecule has 0 unspecified atom stereocenters. The summed E-state index contributed by atoms with van der Waals surface area (Å²) in [4.78, 5) is 0. The van der Waals surface area contributed by atoms with Crippen molar-refractivity contribution in [3.05, 3.63) is 0 Å². The van der Waals surface area contributed by atoms with Gasteiger partial charge in [-0.1, -0.05) is 31.9 Å². The molecule has 0 spiro atoms. The fraction of sp³-hybridized carbons (Fsp3) is 1.00. The molecular weight excluding hydrogens is 240 g/mol. The Morgan fingerprint density at radius 1 is 1.00 bits per heavy atom. The molecule has 0 bridgehead atoms. The predicted octanol–water partition coefficient (Wildman–Crippen LogP) is 1.48. The van der Waals surface area contributed by atoms with Crippen LogP contribution in [0.3, 0.4) is 0 Å². The van der Waals surface area contributed by atoms with Gasteiger partial charge in [-0.25, -0.2) is 0 Å². The molecule has 2 atom stereocenters. The Hall–Kier alpha value is 0.880. The van der Waals surface area contributed by atoms with E-state index in [9.17, 15) is 0 Å². The van der Waals surface area contributed by atoms with Gasteiger partial charge in [0.1, 0.15) is 10.0 Å². The summed E-state index contributed by atoms with van der Waals surface area (Å²) in [5.41, 5.74) is 0. The van der Waals surface area contributed by atoms with E-state index in [2.05, 4.69) is 31.9 Å². The summed E-state index contributed by atoms with van der Waals surface area (Å²) in [5.74, 6) is 0. The van der Waals surface area contributed by atoms with Crippen LogP contribution in [-0.4, -0.2) is 23.2 Å². The summed E-state index contributed by atoms with van der Waals surface area (Å²) in [6.07, 6.45) is 0. The number of hydrogen-bond acceptors (Lipinski definition) is 2. The molecule has 0 amide bonds. The largest absolute Gasteiger partial charge is 0.361 e. The van der Waals surface area contributed by atoms with Gasteiger partial charge in [-0.05, 0) is 0 Å². The molecule has 1 heterocycles. The maximum Gasteiger partial charge on any atom is 0.148 e. The number of halogens is 2. The lowest BCUT2D eigenvalue weighted by molar-refractivity contribution is -0.0603. The van der Waals surface area contributed by atoms with Gasteiger partial charge in [-0.3, -0.25) is 0 Å². The third-order valence-corrected chi connectivity index (χ3v) is 3.04. The molecule has 0 aromatic carbocycles. The van der Waals surface area contributed by atoms with Gasteiger partial charge in [0.05, 0.1) is 13.2 Å². The molecule has 0 saturated carbocycles. The minimum atomic E-state index is 0.0104. The van der Waals surface area contributed by atoms with Crippen LogP contribution in [0.1, 0.15) is 0 Å². The number of hydrogen-bond donors (Lipinski definition) is 0. The van der Waals surface area contributed by atoms with E-state index in [1.54, 1.807) is 0 Å². The first-order chi connectivity index (χ1) is 3.80. The summed E-state index contributed by atoms with van der Waals surface area (Å²) in [6.45, 7) is 1.36. The topological polar surface area (TPSA) is 18.5 Å². The predicted molar refractivity (Wildman–Crippen MR) is 37.3 cm³/mol. The van der Waals surface area contributed by atoms with Gasteiger partial charge < -0.3 is 9.47 Å². The molecule has 2 nitrogen and oxygen atoms in total. The molecule has 1 rings (SSSR count). The second kappa shape index (κ2) is 3.15. The third kappa shape index (κ3) is 1.69. The fourth-order valence-electron chi connectivity index (χ4n) is 0.473. The van der Waals surface area contributed by atoms with Gasteiger partial charge in [0, 0.05) is 0 Å². The Balaban J connectivity index is 2.28. The summed E-state index contributed by atoms with van der Waals surface area (Å²) in [6, 6.07) is 0. The van der Waals surface area contributed by atoms with Crippen molar-refractivity contribution >= 4 is 31.9 Å². The van der Waals surface area contributed by atoms with E-state index in [0.717, 1.165) is 0 Å². The highest BCUT2D eigenvalue weighted by Gasteiger charge is 2.20. The molecule has 4 heteroatoms. The van der Waals surface area contributed by atoms with Crippen molar-refractivity contribution in [2.75, 3.05) is 13.2 Å². The van der Waals surface area contributed by atoms with Crippen molar-refractivity contribution in [1.82, 2.24) is 0 Å². The van der Waals surface area contributed by atoms with Crippen molar-refractivity contribution in [1.29, 1.82) is 0 Å². The van der Waals surface area contributed by atoms with Crippen molar-refractivity contribution in [3.8, 4) is 0 Å². The van der Waals surface area contributed by atoms with Crippen LogP contribution in [0.4, 0.5) is 0 Å². The Morgan fingerprint density at radius 2 is 1.38 bits per heavy atom. The van der Waals surface area contributed by atoms with Gasteiger partial charge in [0.2, 0.25) is 0 Å². The van der Waals surface area contributed by atoms with E-state index in [-0.39, 0.29) is 10.0 Å². The Bertz CT molecular complexity index is 68.4. The van der Waals surface area contributed by atoms with E-state index in [1.165, 1.54) is 0 Å². The lowest BCUT2D eigenvalue weighted by Gasteiger charge is -2.22. The zero-order valence-corrected chi connectivity index (χ0v) is 7.31. The molecule has 0 aliphatic carbocycles. The first-order valence-electron chi connectivity index (χ1n) is 2.32. The first-order valence-corrected chi connectivity index (χ1v) is 4.15. The molecule has 48 valence electrons. The second-order valence-corrected chi connectivity index (χ2v) is 3.25. The van der Waals surface area contributed by atoms with Gasteiger partial charge in [-0.2, -0.15) is 0 Å². The van der Waals surface area contributed by atoms with Crippen LogP contribution in [0.25, 0.3) is 0 Å². The van der Waals surface area contributed by atoms with Crippen molar-refractivity contribution in [2.24, 2.45) is 0 Å². The highest BCUT2D eigenvalue weighted by atomic mass is 79.9.